The van der Waals surface area contributed by atoms with E-state index in [1.165, 1.54) is 25.0 Å². The molecule has 1 heterocycles. The van der Waals surface area contributed by atoms with Crippen molar-refractivity contribution in [3.8, 4) is 0 Å². The zero-order chi connectivity index (χ0) is 13.7. The van der Waals surface area contributed by atoms with Crippen molar-refractivity contribution in [3.63, 3.8) is 0 Å². The van der Waals surface area contributed by atoms with Crippen LogP contribution in [-0.2, 0) is 11.3 Å². The first-order valence-corrected chi connectivity index (χ1v) is 6.87. The highest BCUT2D eigenvalue weighted by molar-refractivity contribution is 5.85. The SMILES string of the molecule is CN(Cc1ccc(F)cc1)C(=O)CCC1CCCN1.Cl. The average molecular weight is 301 g/mol. The predicted octanol–water partition coefficient (Wildman–Crippen LogP) is 2.74. The molecule has 1 aromatic carbocycles. The Hall–Kier alpha value is -1.13. The average Bonchev–Trinajstić information content (AvgIpc) is 2.91. The van der Waals surface area contributed by atoms with Crippen LogP contribution in [0.4, 0.5) is 4.39 Å². The number of rotatable bonds is 5. The molecule has 1 saturated heterocycles. The van der Waals surface area contributed by atoms with Crippen molar-refractivity contribution in [3.05, 3.63) is 35.6 Å². The highest BCUT2D eigenvalue weighted by Crippen LogP contribution is 2.12. The van der Waals surface area contributed by atoms with E-state index in [-0.39, 0.29) is 24.1 Å². The number of nitrogens with one attached hydrogen (secondary N) is 1. The molecule has 1 N–H and O–H groups in total. The molecule has 20 heavy (non-hydrogen) atoms. The van der Waals surface area contributed by atoms with Gasteiger partial charge in [-0.05, 0) is 43.5 Å². The Kier molecular flexibility index (Phi) is 6.96. The molecule has 112 valence electrons. The van der Waals surface area contributed by atoms with Gasteiger partial charge in [-0.15, -0.1) is 12.4 Å². The van der Waals surface area contributed by atoms with Crippen LogP contribution < -0.4 is 5.32 Å². The number of hydrogen-bond acceptors (Lipinski definition) is 2. The van der Waals surface area contributed by atoms with Gasteiger partial charge < -0.3 is 10.2 Å². The molecule has 1 fully saturated rings. The van der Waals surface area contributed by atoms with Gasteiger partial charge in [0.1, 0.15) is 5.82 Å². The van der Waals surface area contributed by atoms with Gasteiger partial charge in [-0.25, -0.2) is 4.39 Å². The highest BCUT2D eigenvalue weighted by atomic mass is 35.5. The van der Waals surface area contributed by atoms with Crippen molar-refractivity contribution in [1.29, 1.82) is 0 Å². The van der Waals surface area contributed by atoms with E-state index in [1.54, 1.807) is 24.1 Å². The first kappa shape index (κ1) is 16.9. The molecule has 1 amide bonds. The molecule has 1 aliphatic rings. The fourth-order valence-electron chi connectivity index (χ4n) is 2.44. The molecular weight excluding hydrogens is 279 g/mol. The smallest absolute Gasteiger partial charge is 0.222 e. The van der Waals surface area contributed by atoms with Crippen LogP contribution in [0.15, 0.2) is 24.3 Å². The summed E-state index contributed by atoms with van der Waals surface area (Å²) in [6.45, 7) is 1.61. The fraction of sp³-hybridized carbons (Fsp3) is 0.533. The van der Waals surface area contributed by atoms with Crippen LogP contribution in [0, 0.1) is 5.82 Å². The normalized spacial score (nSPS) is 17.6. The third kappa shape index (κ3) is 5.10. The van der Waals surface area contributed by atoms with E-state index in [1.807, 2.05) is 0 Å². The zero-order valence-corrected chi connectivity index (χ0v) is 12.6. The molecule has 0 aliphatic carbocycles. The van der Waals surface area contributed by atoms with Gasteiger partial charge in [-0.3, -0.25) is 4.79 Å². The maximum absolute atomic E-state index is 12.8. The minimum atomic E-state index is -0.245. The summed E-state index contributed by atoms with van der Waals surface area (Å²) in [4.78, 5) is 13.7. The summed E-state index contributed by atoms with van der Waals surface area (Å²) < 4.78 is 12.8. The maximum Gasteiger partial charge on any atom is 0.222 e. The molecule has 0 saturated carbocycles. The minimum absolute atomic E-state index is 0. The van der Waals surface area contributed by atoms with Crippen molar-refractivity contribution < 1.29 is 9.18 Å². The van der Waals surface area contributed by atoms with Crippen LogP contribution in [0.1, 0.15) is 31.2 Å². The van der Waals surface area contributed by atoms with Gasteiger partial charge in [-0.1, -0.05) is 12.1 Å². The van der Waals surface area contributed by atoms with Gasteiger partial charge in [0.2, 0.25) is 5.91 Å². The highest BCUT2D eigenvalue weighted by Gasteiger charge is 2.16. The summed E-state index contributed by atoms with van der Waals surface area (Å²) in [7, 11) is 1.80. The van der Waals surface area contributed by atoms with Crippen LogP contribution in [0.3, 0.4) is 0 Å². The molecule has 3 nitrogen and oxygen atoms in total. The molecule has 1 aliphatic heterocycles. The third-order valence-corrected chi connectivity index (χ3v) is 3.63. The molecule has 0 aromatic heterocycles. The Balaban J connectivity index is 0.00000200. The molecule has 0 bridgehead atoms. The zero-order valence-electron chi connectivity index (χ0n) is 11.8. The summed E-state index contributed by atoms with van der Waals surface area (Å²) in [6.07, 6.45) is 3.88. The number of amides is 1. The monoisotopic (exact) mass is 300 g/mol. The molecule has 0 radical (unpaired) electrons. The quantitative estimate of drug-likeness (QED) is 0.907. The lowest BCUT2D eigenvalue weighted by Crippen LogP contribution is -2.29. The van der Waals surface area contributed by atoms with Crippen molar-refractivity contribution in [1.82, 2.24) is 10.2 Å². The first-order valence-electron chi connectivity index (χ1n) is 6.87. The molecule has 1 aromatic rings. The Morgan fingerprint density at radius 3 is 2.70 bits per heavy atom. The number of carbonyl (C=O) groups is 1. The second-order valence-corrected chi connectivity index (χ2v) is 5.21. The largest absolute Gasteiger partial charge is 0.341 e. The van der Waals surface area contributed by atoms with E-state index in [0.717, 1.165) is 18.5 Å². The molecule has 1 atom stereocenters. The molecule has 2 rings (SSSR count). The van der Waals surface area contributed by atoms with Gasteiger partial charge in [0.25, 0.3) is 0 Å². The van der Waals surface area contributed by atoms with Crippen LogP contribution in [0.25, 0.3) is 0 Å². The van der Waals surface area contributed by atoms with E-state index < -0.39 is 0 Å². The number of benzene rings is 1. The van der Waals surface area contributed by atoms with Gasteiger partial charge >= 0.3 is 0 Å². The summed E-state index contributed by atoms with van der Waals surface area (Å²) in [5.74, 6) is -0.0944. The molecular formula is C15H22ClFN2O. The van der Waals surface area contributed by atoms with Crippen LogP contribution >= 0.6 is 12.4 Å². The lowest BCUT2D eigenvalue weighted by molar-refractivity contribution is -0.130. The summed E-state index contributed by atoms with van der Waals surface area (Å²) >= 11 is 0. The fourth-order valence-corrected chi connectivity index (χ4v) is 2.44. The van der Waals surface area contributed by atoms with Gasteiger partial charge in [-0.2, -0.15) is 0 Å². The predicted molar refractivity (Wildman–Crippen MR) is 80.4 cm³/mol. The van der Waals surface area contributed by atoms with Crippen molar-refractivity contribution in [2.24, 2.45) is 0 Å². The van der Waals surface area contributed by atoms with Crippen LogP contribution in [0.5, 0.6) is 0 Å². The van der Waals surface area contributed by atoms with E-state index in [0.29, 0.717) is 19.0 Å². The van der Waals surface area contributed by atoms with E-state index >= 15 is 0 Å². The lowest BCUT2D eigenvalue weighted by atomic mass is 10.1. The third-order valence-electron chi connectivity index (χ3n) is 3.63. The Labute approximate surface area is 125 Å². The summed E-state index contributed by atoms with van der Waals surface area (Å²) in [6, 6.07) is 6.80. The second-order valence-electron chi connectivity index (χ2n) is 5.21. The molecule has 5 heteroatoms. The number of halogens is 2. The maximum atomic E-state index is 12.8. The number of carbonyl (C=O) groups excluding carboxylic acids is 1. The van der Waals surface area contributed by atoms with Crippen LogP contribution in [-0.4, -0.2) is 30.4 Å². The van der Waals surface area contributed by atoms with Crippen molar-refractivity contribution in [2.75, 3.05) is 13.6 Å². The standard InChI is InChI=1S/C15H21FN2O.ClH/c1-18(11-12-4-6-13(16)7-5-12)15(19)9-8-14-3-2-10-17-14;/h4-7,14,17H,2-3,8-11H2,1H3;1H. The van der Waals surface area contributed by atoms with Crippen LogP contribution in [0.2, 0.25) is 0 Å². The Morgan fingerprint density at radius 1 is 1.40 bits per heavy atom. The second kappa shape index (κ2) is 8.22. The van der Waals surface area contributed by atoms with E-state index in [4.69, 9.17) is 0 Å². The first-order chi connectivity index (χ1) is 9.15. The minimum Gasteiger partial charge on any atom is -0.341 e. The number of hydrogen-bond donors (Lipinski definition) is 1. The number of nitrogens with zero attached hydrogens (tertiary/aromatic N) is 1. The Bertz CT molecular complexity index is 418. The molecule has 0 spiro atoms. The lowest BCUT2D eigenvalue weighted by Gasteiger charge is -2.18. The van der Waals surface area contributed by atoms with Crippen molar-refractivity contribution >= 4 is 18.3 Å². The van der Waals surface area contributed by atoms with Gasteiger partial charge in [0, 0.05) is 26.1 Å². The van der Waals surface area contributed by atoms with E-state index in [2.05, 4.69) is 5.32 Å². The molecule has 1 unspecified atom stereocenters. The van der Waals surface area contributed by atoms with E-state index in [9.17, 15) is 9.18 Å². The topological polar surface area (TPSA) is 32.3 Å². The Morgan fingerprint density at radius 2 is 2.10 bits per heavy atom. The van der Waals surface area contributed by atoms with Crippen molar-refractivity contribution in [2.45, 2.75) is 38.3 Å². The van der Waals surface area contributed by atoms with Gasteiger partial charge in [0.05, 0.1) is 0 Å². The van der Waals surface area contributed by atoms with Gasteiger partial charge in [0.15, 0.2) is 0 Å². The summed E-state index contributed by atoms with van der Waals surface area (Å²) in [5, 5.41) is 3.39. The summed E-state index contributed by atoms with van der Waals surface area (Å²) in [5.41, 5.74) is 0.955.